The zero-order valence-electron chi connectivity index (χ0n) is 22.5. The van der Waals surface area contributed by atoms with Crippen LogP contribution < -0.4 is 0 Å². The molecule has 1 aliphatic carbocycles. The van der Waals surface area contributed by atoms with Gasteiger partial charge in [0.1, 0.15) is 5.60 Å². The molecule has 2 aromatic carbocycles. The van der Waals surface area contributed by atoms with E-state index < -0.39 is 11.4 Å². The molecule has 2 atom stereocenters. The van der Waals surface area contributed by atoms with E-state index in [-0.39, 0.29) is 24.6 Å². The van der Waals surface area contributed by atoms with E-state index in [1.54, 1.807) is 0 Å². The summed E-state index contributed by atoms with van der Waals surface area (Å²) in [5.41, 5.74) is 5.21. The van der Waals surface area contributed by atoms with Gasteiger partial charge in [-0.1, -0.05) is 60.7 Å². The summed E-state index contributed by atoms with van der Waals surface area (Å²) in [4.78, 5) is 17.6. The normalized spacial score (nSPS) is 21.9. The molecule has 1 aliphatic heterocycles. The Morgan fingerprint density at radius 1 is 1.05 bits per heavy atom. The summed E-state index contributed by atoms with van der Waals surface area (Å²) in [5, 5.41) is 1.15. The van der Waals surface area contributed by atoms with Crippen molar-refractivity contribution in [2.45, 2.75) is 89.8 Å². The number of hydrogen-bond donors (Lipinski definition) is 0. The van der Waals surface area contributed by atoms with Gasteiger partial charge in [-0.25, -0.2) is 0 Å². The van der Waals surface area contributed by atoms with Crippen molar-refractivity contribution in [3.63, 3.8) is 0 Å². The maximum absolute atomic E-state index is 12.5. The maximum atomic E-state index is 12.5. The van der Waals surface area contributed by atoms with E-state index in [4.69, 9.17) is 19.2 Å². The molecule has 2 fully saturated rings. The number of hydrogen-bond acceptors (Lipinski definition) is 5. The molecule has 0 N–H and O–H groups in total. The summed E-state index contributed by atoms with van der Waals surface area (Å²) in [6, 6.07) is 18.9. The van der Waals surface area contributed by atoms with Crippen molar-refractivity contribution in [2.75, 3.05) is 0 Å². The highest BCUT2D eigenvalue weighted by atomic mass is 16.7. The Bertz CT molecular complexity index is 1300. The third-order valence-electron chi connectivity index (χ3n) is 6.66. The molecule has 0 amide bonds. The van der Waals surface area contributed by atoms with Crippen LogP contribution in [0.5, 0.6) is 0 Å². The van der Waals surface area contributed by atoms with Crippen LogP contribution >= 0.6 is 0 Å². The van der Waals surface area contributed by atoms with Crippen molar-refractivity contribution in [3.05, 3.63) is 71.9 Å². The first-order valence-corrected chi connectivity index (χ1v) is 13.3. The van der Waals surface area contributed by atoms with Gasteiger partial charge in [-0.05, 0) is 59.1 Å². The summed E-state index contributed by atoms with van der Waals surface area (Å²) >= 11 is 0. The van der Waals surface area contributed by atoms with Crippen LogP contribution in [0.4, 0.5) is 0 Å². The Hall–Kier alpha value is -3.02. The molecule has 2 aliphatic rings. The van der Waals surface area contributed by atoms with Crippen molar-refractivity contribution in [2.24, 2.45) is 0 Å². The first kappa shape index (κ1) is 25.6. The lowest BCUT2D eigenvalue weighted by Crippen LogP contribution is -2.45. The number of pyridine rings is 1. The number of ether oxygens (including phenoxy) is 3. The van der Waals surface area contributed by atoms with Crippen LogP contribution in [0.1, 0.15) is 77.5 Å². The van der Waals surface area contributed by atoms with Gasteiger partial charge < -0.3 is 14.2 Å². The van der Waals surface area contributed by atoms with Crippen LogP contribution in [-0.4, -0.2) is 34.5 Å². The first-order valence-electron chi connectivity index (χ1n) is 13.3. The zero-order chi connectivity index (χ0) is 26.2. The topological polar surface area (TPSA) is 57.7 Å². The van der Waals surface area contributed by atoms with Crippen molar-refractivity contribution in [1.82, 2.24) is 4.98 Å². The average Bonchev–Trinajstić information content (AvgIpc) is 3.65. The number of nitrogens with zero attached hydrogens (tertiary/aromatic N) is 1. The molecule has 1 aromatic heterocycles. The van der Waals surface area contributed by atoms with E-state index >= 15 is 0 Å². The Balaban J connectivity index is 1.49. The standard InChI is InChI=1S/C32H37NO4/c1-31(2,3)37-28(34)20-24-19-23(35-32(4,5)36-24)17-18-26-29(21-11-7-6-8-12-21)25-13-9-10-14-27(25)33-30(26)22-15-16-22/h6-14,17-18,22-24H,15-16,19-20H2,1-5H3/b18-17+/t23-,24-/m1/s1. The molecule has 0 unspecified atom stereocenters. The summed E-state index contributed by atoms with van der Waals surface area (Å²) < 4.78 is 17.9. The molecular formula is C32H37NO4. The number of esters is 1. The quantitative estimate of drug-likeness (QED) is 0.330. The second-order valence-electron chi connectivity index (χ2n) is 11.6. The molecule has 3 aromatic rings. The van der Waals surface area contributed by atoms with Gasteiger partial charge in [0.05, 0.1) is 29.8 Å². The van der Waals surface area contributed by atoms with Gasteiger partial charge in [0.2, 0.25) is 0 Å². The van der Waals surface area contributed by atoms with Crippen LogP contribution in [0.2, 0.25) is 0 Å². The van der Waals surface area contributed by atoms with Crippen LogP contribution in [0, 0.1) is 0 Å². The number of benzene rings is 2. The molecule has 0 spiro atoms. The molecule has 2 heterocycles. The predicted octanol–water partition coefficient (Wildman–Crippen LogP) is 7.43. The minimum Gasteiger partial charge on any atom is -0.460 e. The Kier molecular flexibility index (Phi) is 6.95. The summed E-state index contributed by atoms with van der Waals surface area (Å²) in [5.74, 6) is -0.568. The third kappa shape index (κ3) is 6.28. The molecular weight excluding hydrogens is 462 g/mol. The van der Waals surface area contributed by atoms with E-state index in [1.165, 1.54) is 24.0 Å². The average molecular weight is 500 g/mol. The van der Waals surface area contributed by atoms with Gasteiger partial charge >= 0.3 is 5.97 Å². The number of fused-ring (bicyclic) bond motifs is 1. The van der Waals surface area contributed by atoms with Crippen LogP contribution in [-0.2, 0) is 19.0 Å². The van der Waals surface area contributed by atoms with Gasteiger partial charge in [-0.2, -0.15) is 0 Å². The lowest BCUT2D eigenvalue weighted by Gasteiger charge is -2.39. The van der Waals surface area contributed by atoms with Crippen molar-refractivity contribution in [3.8, 4) is 11.1 Å². The molecule has 0 bridgehead atoms. The fraction of sp³-hybridized carbons (Fsp3) is 0.438. The Morgan fingerprint density at radius 3 is 2.46 bits per heavy atom. The smallest absolute Gasteiger partial charge is 0.308 e. The molecule has 37 heavy (non-hydrogen) atoms. The second-order valence-corrected chi connectivity index (χ2v) is 11.6. The number of para-hydroxylation sites is 1. The largest absolute Gasteiger partial charge is 0.460 e. The van der Waals surface area contributed by atoms with Gasteiger partial charge in [0.25, 0.3) is 0 Å². The molecule has 5 rings (SSSR count). The fourth-order valence-electron chi connectivity index (χ4n) is 5.16. The van der Waals surface area contributed by atoms with Crippen molar-refractivity contribution < 1.29 is 19.0 Å². The van der Waals surface area contributed by atoms with Gasteiger partial charge in [-0.15, -0.1) is 0 Å². The molecule has 5 heteroatoms. The molecule has 194 valence electrons. The van der Waals surface area contributed by atoms with Gasteiger partial charge in [-0.3, -0.25) is 9.78 Å². The summed E-state index contributed by atoms with van der Waals surface area (Å²) in [6.07, 6.45) is 6.95. The Morgan fingerprint density at radius 2 is 1.76 bits per heavy atom. The summed E-state index contributed by atoms with van der Waals surface area (Å²) in [6.45, 7) is 9.44. The van der Waals surface area contributed by atoms with Gasteiger partial charge in [0, 0.05) is 28.9 Å². The monoisotopic (exact) mass is 499 g/mol. The third-order valence-corrected chi connectivity index (χ3v) is 6.66. The highest BCUT2D eigenvalue weighted by molar-refractivity contribution is 5.99. The van der Waals surface area contributed by atoms with Crippen LogP contribution in [0.3, 0.4) is 0 Å². The maximum Gasteiger partial charge on any atom is 0.308 e. The highest BCUT2D eigenvalue weighted by Gasteiger charge is 2.36. The lowest BCUT2D eigenvalue weighted by molar-refractivity contribution is -0.290. The molecule has 1 saturated heterocycles. The van der Waals surface area contributed by atoms with Crippen molar-refractivity contribution >= 4 is 22.9 Å². The number of carbonyl (C=O) groups is 1. The molecule has 0 radical (unpaired) electrons. The van der Waals surface area contributed by atoms with Crippen molar-refractivity contribution in [1.29, 1.82) is 0 Å². The number of carbonyl (C=O) groups excluding carboxylic acids is 1. The number of aromatic nitrogens is 1. The predicted molar refractivity (Wildman–Crippen MR) is 147 cm³/mol. The molecule has 5 nitrogen and oxygen atoms in total. The van der Waals surface area contributed by atoms with Gasteiger partial charge in [0.15, 0.2) is 5.79 Å². The fourth-order valence-corrected chi connectivity index (χ4v) is 5.16. The number of rotatable bonds is 6. The Labute approximate surface area is 219 Å². The van der Waals surface area contributed by atoms with E-state index in [0.29, 0.717) is 12.3 Å². The summed E-state index contributed by atoms with van der Waals surface area (Å²) in [7, 11) is 0. The minimum absolute atomic E-state index is 0.196. The van der Waals surface area contributed by atoms with E-state index in [0.717, 1.165) is 22.2 Å². The highest BCUT2D eigenvalue weighted by Crippen LogP contribution is 2.45. The molecule has 1 saturated carbocycles. The second kappa shape index (κ2) is 10.0. The first-order chi connectivity index (χ1) is 17.6. The SMILES string of the molecule is CC(C)(C)OC(=O)C[C@H]1C[C@@H](/C=C/c2c(C3CC3)nc3ccccc3c2-c2ccccc2)OC(C)(C)O1. The lowest BCUT2D eigenvalue weighted by atomic mass is 9.92. The zero-order valence-corrected chi connectivity index (χ0v) is 22.5. The van der Waals surface area contributed by atoms with Crippen LogP contribution in [0.15, 0.2) is 60.7 Å². The van der Waals surface area contributed by atoms with E-state index in [1.807, 2.05) is 40.7 Å². The van der Waals surface area contributed by atoms with E-state index in [9.17, 15) is 4.79 Å². The minimum atomic E-state index is -0.802. The van der Waals surface area contributed by atoms with E-state index in [2.05, 4.69) is 60.7 Å². The van der Waals surface area contributed by atoms with Crippen LogP contribution in [0.25, 0.3) is 28.1 Å².